The van der Waals surface area contributed by atoms with Crippen molar-refractivity contribution in [3.8, 4) is 0 Å². The first-order valence-electron chi connectivity index (χ1n) is 6.31. The Bertz CT molecular complexity index is 388. The average Bonchev–Trinajstić information content (AvgIpc) is 2.78. The van der Waals surface area contributed by atoms with Crippen molar-refractivity contribution in [1.82, 2.24) is 4.90 Å². The number of Topliss-reactive ketones (excluding diaryl/α,β-unsaturated/α-hetero) is 1. The van der Waals surface area contributed by atoms with E-state index in [1.54, 1.807) is 6.07 Å². The third-order valence-corrected chi connectivity index (χ3v) is 3.67. The van der Waals surface area contributed by atoms with Gasteiger partial charge >= 0.3 is 0 Å². The summed E-state index contributed by atoms with van der Waals surface area (Å²) < 4.78 is 0. The van der Waals surface area contributed by atoms with Gasteiger partial charge in [-0.05, 0) is 39.1 Å². The lowest BCUT2D eigenvalue weighted by molar-refractivity contribution is -0.134. The minimum absolute atomic E-state index is 0.0601. The van der Waals surface area contributed by atoms with E-state index in [0.29, 0.717) is 12.8 Å². The highest BCUT2D eigenvalue weighted by atomic mass is 32.1. The summed E-state index contributed by atoms with van der Waals surface area (Å²) in [6, 6.07) is 4.01. The molecule has 1 aromatic heterocycles. The second-order valence-electron chi connectivity index (χ2n) is 4.89. The van der Waals surface area contributed by atoms with E-state index in [0.717, 1.165) is 4.88 Å². The second-order valence-corrected chi connectivity index (χ2v) is 5.84. The molecule has 0 unspecified atom stereocenters. The first-order valence-corrected chi connectivity index (χ1v) is 7.19. The highest BCUT2D eigenvalue weighted by Gasteiger charge is 2.20. The number of ketones is 1. The van der Waals surface area contributed by atoms with Gasteiger partial charge in [0, 0.05) is 24.9 Å². The predicted octanol–water partition coefficient (Wildman–Crippen LogP) is 3.36. The van der Waals surface area contributed by atoms with E-state index in [2.05, 4.69) is 0 Å². The fourth-order valence-corrected chi connectivity index (χ4v) is 2.78. The van der Waals surface area contributed by atoms with Gasteiger partial charge in [0.05, 0.1) is 4.88 Å². The molecule has 4 heteroatoms. The van der Waals surface area contributed by atoms with Gasteiger partial charge < -0.3 is 4.90 Å². The van der Waals surface area contributed by atoms with Crippen LogP contribution in [-0.2, 0) is 4.79 Å². The van der Waals surface area contributed by atoms with E-state index < -0.39 is 0 Å². The fourth-order valence-electron chi connectivity index (χ4n) is 2.08. The molecule has 0 aliphatic heterocycles. The van der Waals surface area contributed by atoms with Crippen LogP contribution in [0.1, 0.15) is 50.2 Å². The number of hydrogen-bond acceptors (Lipinski definition) is 3. The monoisotopic (exact) mass is 267 g/mol. The number of thiophene rings is 1. The maximum absolute atomic E-state index is 12.1. The number of rotatable bonds is 6. The van der Waals surface area contributed by atoms with Crippen LogP contribution in [0.15, 0.2) is 17.5 Å². The molecule has 3 nitrogen and oxygen atoms in total. The molecule has 0 spiro atoms. The highest BCUT2D eigenvalue weighted by molar-refractivity contribution is 7.12. The zero-order chi connectivity index (χ0) is 13.7. The van der Waals surface area contributed by atoms with Crippen LogP contribution < -0.4 is 0 Å². The number of nitrogens with zero attached hydrogens (tertiary/aromatic N) is 1. The van der Waals surface area contributed by atoms with Gasteiger partial charge in [0.25, 0.3) is 0 Å². The zero-order valence-corrected chi connectivity index (χ0v) is 12.3. The van der Waals surface area contributed by atoms with Crippen LogP contribution >= 0.6 is 11.3 Å². The smallest absolute Gasteiger partial charge is 0.223 e. The Labute approximate surface area is 113 Å². The number of carbonyl (C=O) groups excluding carboxylic acids is 2. The molecule has 100 valence electrons. The maximum atomic E-state index is 12.1. The van der Waals surface area contributed by atoms with Crippen molar-refractivity contribution >= 4 is 23.0 Å². The van der Waals surface area contributed by atoms with Crippen LogP contribution in [0.4, 0.5) is 0 Å². The Balaban J connectivity index is 2.52. The zero-order valence-electron chi connectivity index (χ0n) is 11.5. The fraction of sp³-hybridized carbons (Fsp3) is 0.571. The van der Waals surface area contributed by atoms with Crippen LogP contribution in [0, 0.1) is 0 Å². The molecule has 0 bridgehead atoms. The Morgan fingerprint density at radius 3 is 2.22 bits per heavy atom. The Morgan fingerprint density at radius 2 is 1.78 bits per heavy atom. The maximum Gasteiger partial charge on any atom is 0.223 e. The molecule has 0 aromatic carbocycles. The van der Waals surface area contributed by atoms with E-state index in [-0.39, 0.29) is 23.8 Å². The molecule has 1 rings (SSSR count). The minimum atomic E-state index is 0.0601. The van der Waals surface area contributed by atoms with Gasteiger partial charge in [-0.2, -0.15) is 0 Å². The van der Waals surface area contributed by atoms with Crippen LogP contribution in [0.3, 0.4) is 0 Å². The molecule has 18 heavy (non-hydrogen) atoms. The molecule has 0 saturated carbocycles. The Kier molecular flexibility index (Phi) is 5.54. The summed E-state index contributed by atoms with van der Waals surface area (Å²) in [6.45, 7) is 8.00. The second kappa shape index (κ2) is 6.69. The lowest BCUT2D eigenvalue weighted by Gasteiger charge is -2.30. The first kappa shape index (κ1) is 14.9. The van der Waals surface area contributed by atoms with Crippen LogP contribution in [0.5, 0.6) is 0 Å². The summed E-state index contributed by atoms with van der Waals surface area (Å²) in [5.74, 6) is 0.121. The normalized spacial score (nSPS) is 11.0. The van der Waals surface area contributed by atoms with Gasteiger partial charge in [-0.3, -0.25) is 9.59 Å². The molecule has 0 N–H and O–H groups in total. The third kappa shape index (κ3) is 3.95. The third-order valence-electron chi connectivity index (χ3n) is 2.76. The summed E-state index contributed by atoms with van der Waals surface area (Å²) in [6.07, 6.45) is 0.600. The molecule has 0 saturated heterocycles. The highest BCUT2D eigenvalue weighted by Crippen LogP contribution is 2.14. The molecule has 1 amide bonds. The molecule has 1 heterocycles. The summed E-state index contributed by atoms with van der Waals surface area (Å²) in [4.78, 5) is 26.5. The summed E-state index contributed by atoms with van der Waals surface area (Å²) in [5, 5.41) is 1.88. The predicted molar refractivity (Wildman–Crippen MR) is 75.0 cm³/mol. The topological polar surface area (TPSA) is 37.4 Å². The van der Waals surface area contributed by atoms with Gasteiger partial charge in [-0.15, -0.1) is 11.3 Å². The average molecular weight is 267 g/mol. The van der Waals surface area contributed by atoms with E-state index in [1.165, 1.54) is 11.3 Å². The molecular formula is C14H21NO2S. The van der Waals surface area contributed by atoms with Crippen molar-refractivity contribution in [3.63, 3.8) is 0 Å². The SMILES string of the molecule is CC(C)N(C(=O)CCC(=O)c1cccs1)C(C)C. The molecular weight excluding hydrogens is 246 g/mol. The number of hydrogen-bond donors (Lipinski definition) is 0. The standard InChI is InChI=1S/C14H21NO2S/c1-10(2)15(11(3)4)14(17)8-7-12(16)13-6-5-9-18-13/h5-6,9-11H,7-8H2,1-4H3. The van der Waals surface area contributed by atoms with Crippen molar-refractivity contribution < 1.29 is 9.59 Å². The van der Waals surface area contributed by atoms with E-state index in [9.17, 15) is 9.59 Å². The largest absolute Gasteiger partial charge is 0.338 e. The van der Waals surface area contributed by atoms with E-state index in [1.807, 2.05) is 44.0 Å². The molecule has 0 atom stereocenters. The van der Waals surface area contributed by atoms with E-state index >= 15 is 0 Å². The Hall–Kier alpha value is -1.16. The van der Waals surface area contributed by atoms with Gasteiger partial charge in [0.1, 0.15) is 0 Å². The van der Waals surface area contributed by atoms with Crippen molar-refractivity contribution in [1.29, 1.82) is 0 Å². The van der Waals surface area contributed by atoms with Crippen molar-refractivity contribution in [2.75, 3.05) is 0 Å². The Morgan fingerprint density at radius 1 is 1.17 bits per heavy atom. The molecule has 0 aliphatic rings. The van der Waals surface area contributed by atoms with Crippen molar-refractivity contribution in [2.45, 2.75) is 52.6 Å². The van der Waals surface area contributed by atoms with Gasteiger partial charge in [0.2, 0.25) is 5.91 Å². The molecule has 0 radical (unpaired) electrons. The first-order chi connectivity index (χ1) is 8.43. The van der Waals surface area contributed by atoms with Gasteiger partial charge in [0.15, 0.2) is 5.78 Å². The van der Waals surface area contributed by atoms with Gasteiger partial charge in [-0.1, -0.05) is 6.07 Å². The number of carbonyl (C=O) groups is 2. The van der Waals surface area contributed by atoms with E-state index in [4.69, 9.17) is 0 Å². The minimum Gasteiger partial charge on any atom is -0.338 e. The van der Waals surface area contributed by atoms with Gasteiger partial charge in [-0.25, -0.2) is 0 Å². The number of amides is 1. The molecule has 1 aromatic rings. The van der Waals surface area contributed by atoms with Crippen LogP contribution in [-0.4, -0.2) is 28.7 Å². The van der Waals surface area contributed by atoms with Crippen LogP contribution in [0.2, 0.25) is 0 Å². The van der Waals surface area contributed by atoms with Crippen molar-refractivity contribution in [3.05, 3.63) is 22.4 Å². The summed E-state index contributed by atoms with van der Waals surface area (Å²) in [7, 11) is 0. The molecule has 0 fully saturated rings. The summed E-state index contributed by atoms with van der Waals surface area (Å²) >= 11 is 1.43. The van der Waals surface area contributed by atoms with Crippen LogP contribution in [0.25, 0.3) is 0 Å². The molecule has 0 aliphatic carbocycles. The quantitative estimate of drug-likeness (QED) is 0.741. The lowest BCUT2D eigenvalue weighted by atomic mass is 10.1. The summed E-state index contributed by atoms with van der Waals surface area (Å²) in [5.41, 5.74) is 0. The van der Waals surface area contributed by atoms with Crippen molar-refractivity contribution in [2.24, 2.45) is 0 Å². The lowest BCUT2D eigenvalue weighted by Crippen LogP contribution is -2.42.